The van der Waals surface area contributed by atoms with Gasteiger partial charge in [0.15, 0.2) is 29.0 Å². The molecule has 5 aliphatic heterocycles. The topological polar surface area (TPSA) is 403 Å². The van der Waals surface area contributed by atoms with E-state index in [4.69, 9.17) is 149 Å². The summed E-state index contributed by atoms with van der Waals surface area (Å²) in [4.78, 5) is 44.3. The maximum atomic E-state index is 12.0. The van der Waals surface area contributed by atoms with Gasteiger partial charge < -0.3 is 82.0 Å². The Balaban J connectivity index is 0.000000302. The van der Waals surface area contributed by atoms with Crippen molar-refractivity contribution >= 4 is 246 Å². The number of fused-ring (bicyclic) bond motifs is 9. The number of nitrogens with two attached hydrogens (primary N) is 4. The molecule has 685 valence electrons. The molecule has 0 spiro atoms. The number of anilines is 7. The first-order valence-electron chi connectivity index (χ1n) is 37.2. The van der Waals surface area contributed by atoms with Crippen LogP contribution in [-0.4, -0.2) is 143 Å². The maximum absolute atomic E-state index is 12.0. The van der Waals surface area contributed by atoms with Crippen LogP contribution in [0.5, 0.6) is 40.2 Å². The number of nitrogen functional groups attached to an aromatic ring is 2. The van der Waals surface area contributed by atoms with Gasteiger partial charge in [-0.15, -0.1) is 20.4 Å². The molecule has 0 bridgehead atoms. The summed E-state index contributed by atoms with van der Waals surface area (Å²) in [7, 11) is 15.6. The number of carboxylic acid groups (broad SMARTS) is 1. The quantitative estimate of drug-likeness (QED) is 0.00982. The number of halogens is 11. The third-order valence-corrected chi connectivity index (χ3v) is 25.2. The Labute approximate surface area is 815 Å². The predicted molar refractivity (Wildman–Crippen MR) is 533 cm³/mol. The Bertz CT molecular complexity index is 5410. The zero-order chi connectivity index (χ0) is 95.0. The van der Waals surface area contributed by atoms with Crippen molar-refractivity contribution in [3.63, 3.8) is 0 Å². The van der Waals surface area contributed by atoms with E-state index in [1.165, 1.54) is 20.8 Å². The fraction of sp³-hybridized carbons (Fsp3) is 0.386. The van der Waals surface area contributed by atoms with Crippen molar-refractivity contribution in [1.29, 1.82) is 0 Å². The number of carboxylic acids is 1. The minimum atomic E-state index is -1.08. The summed E-state index contributed by atoms with van der Waals surface area (Å²) >= 11 is 64.8. The van der Waals surface area contributed by atoms with E-state index in [0.717, 1.165) is 116 Å². The summed E-state index contributed by atoms with van der Waals surface area (Å²) < 4.78 is 46.4. The van der Waals surface area contributed by atoms with Gasteiger partial charge in [0, 0.05) is 61.7 Å². The molecule has 43 heteroatoms. The zero-order valence-electron chi connectivity index (χ0n) is 72.5. The second kappa shape index (κ2) is 46.8. The number of nitrogens with zero attached hydrogens (tertiary/aromatic N) is 7. The predicted octanol–water partition coefficient (Wildman–Crippen LogP) is 21.1. The Hall–Kier alpha value is -7.53. The van der Waals surface area contributed by atoms with Crippen molar-refractivity contribution < 1.29 is 57.4 Å². The molecule has 0 unspecified atom stereocenters. The Kier molecular flexibility index (Phi) is 41.2. The number of aliphatic carboxylic acids is 1. The molecular weight excluding hydrogens is 2070 g/mol. The number of hydrogen-bond donors (Lipinski definition) is 12. The third-order valence-electron chi connectivity index (χ3n) is 18.9. The molecule has 15 N–H and O–H groups in total. The van der Waals surface area contributed by atoms with Crippen molar-refractivity contribution in [2.75, 3.05) is 87.8 Å². The number of nitrogens with one attached hydrogen (secondary N) is 6. The van der Waals surface area contributed by atoms with E-state index in [1.54, 1.807) is 92.2 Å². The molecular formula is C83H104BBr4Cl7N17O12S2. The number of aryl methyl sites for hydroxylation is 2. The number of hydrazine groups is 1. The van der Waals surface area contributed by atoms with Gasteiger partial charge >= 0.3 is 30.7 Å². The van der Waals surface area contributed by atoms with Crippen LogP contribution in [0.3, 0.4) is 0 Å². The van der Waals surface area contributed by atoms with Crippen LogP contribution >= 0.6 is 170 Å². The molecule has 0 saturated heterocycles. The number of carbonyl (C=O) groups excluding carboxylic acids is 3. The van der Waals surface area contributed by atoms with Gasteiger partial charge in [0.1, 0.15) is 63.1 Å². The fourth-order valence-corrected chi connectivity index (χ4v) is 15.9. The van der Waals surface area contributed by atoms with Crippen molar-refractivity contribution in [1.82, 2.24) is 35.0 Å². The monoisotopic (exact) mass is 2170 g/mol. The molecule has 1 radical (unpaired) electrons. The van der Waals surface area contributed by atoms with Crippen molar-refractivity contribution in [2.45, 2.75) is 164 Å². The number of thiol groups is 1. The first-order chi connectivity index (χ1) is 58.0. The second-order valence-corrected chi connectivity index (χ2v) is 37.6. The molecule has 0 saturated carbocycles. The summed E-state index contributed by atoms with van der Waals surface area (Å²) in [6.07, 6.45) is 1.43. The Morgan fingerprint density at radius 3 is 1.30 bits per heavy atom. The number of aromatic nitrogens is 6. The van der Waals surface area contributed by atoms with Crippen LogP contribution in [0, 0.1) is 13.8 Å². The molecule has 126 heavy (non-hydrogen) atoms. The van der Waals surface area contributed by atoms with E-state index in [1.807, 2.05) is 114 Å². The number of hydrogen-bond acceptors (Lipinski definition) is 27. The first-order valence-corrected chi connectivity index (χ1v) is 43.8. The molecule has 9 aromatic rings. The normalized spacial score (nSPS) is 14.3. The number of thiocarbonyl (C=S) groups is 1. The van der Waals surface area contributed by atoms with Gasteiger partial charge in [-0.1, -0.05) is 101 Å². The first kappa shape index (κ1) is 111. The van der Waals surface area contributed by atoms with E-state index in [-0.39, 0.29) is 41.5 Å². The second-order valence-electron chi connectivity index (χ2n) is 30.7. The number of rotatable bonds is 8. The third kappa shape index (κ3) is 27.1. The average Bonchev–Trinajstić information content (AvgIpc) is 1.67. The molecule has 14 rings (SSSR count). The zero-order valence-corrected chi connectivity index (χ0v) is 85.9. The molecule has 5 aliphatic rings. The van der Waals surface area contributed by atoms with Crippen LogP contribution in [-0.2, 0) is 49.5 Å². The van der Waals surface area contributed by atoms with Gasteiger partial charge in [-0.3, -0.25) is 33.7 Å². The standard InChI is InChI=1S/C13H14BrClN4O.C13H15ClN4O.C12H13BrClNO2.C12H14ClNO2.C12H14ClNOS.C7H6Br2ClNO.C7H8ClNO.C4H9NO2.C2H6N2O.CH4.BHNS/c1-6-17-18-12-13(2,3)16-9-8(15)5-7(14)11(20-4)10(9)19(6)12;1-7-16-17-12-13(2,3)15-10-8(14)5-6-9(19-4)11(10)18(7)12;1-12(2)9(16)4-6-8(17-3)5-7(13)10(14)11(6)15-12;1-12(2)10(15)6-7-9(16-3)5-4-8(13)11(7)14-12;1-12(2)10(16)6-7-9(15-3)5-4-8(13)11(7)14-12;1-12-4-2-3(8)6(10)5(9)7(4)11;1-10-7-3-2-5(8)4-6(7)9;1-4(2,5)3(6)7;1-2(5)4-3;;1-2-3/h5,16H,1-4H3;5-6,15H,1-4H3;5,15H,4H2,1-3H3;2*4-5,14H,6H2,1-3H3;2H,11H2,1H3;2-4H,9H2,1H3;5H2,1-2H3,(H,6,7);3H2,1H3,(H,4,5);1H4;3H. The Morgan fingerprint density at radius 2 is 0.889 bits per heavy atom. The van der Waals surface area contributed by atoms with Crippen molar-refractivity contribution in [3.8, 4) is 51.6 Å². The van der Waals surface area contributed by atoms with Gasteiger partial charge in [-0.25, -0.2) is 5.84 Å². The molecule has 2 aromatic heterocycles. The van der Waals surface area contributed by atoms with Gasteiger partial charge in [0.25, 0.3) is 0 Å². The molecule has 0 fully saturated rings. The molecule has 29 nitrogen and oxygen atoms in total. The van der Waals surface area contributed by atoms with Gasteiger partial charge in [-0.05, 0) is 233 Å². The van der Waals surface area contributed by atoms with E-state index >= 15 is 0 Å². The SMILES string of the molecule is C.CC(=O)NN.CC(C)(N)C(=O)O.COc1c(Br)cc(Cl)c2c1-n1c(C)nnc1C(C)(C)N2.COc1cc(Br)c(Cl)c(Br)c1N.COc1cc(Br)c(Cl)c2c1CC(=O)C(C)(C)N2.COc1ccc(Cl)c2c1-n1c(C)nnc1C(C)(C)N2.COc1ccc(Cl)c2c1CC(=O)C(C)(C)N2.COc1ccc(Cl)c2c1CC(=S)C(C)(C)N2.COc1ccc(Cl)cc1N.[B]=NS. The number of carbonyl (C=O) groups is 4. The van der Waals surface area contributed by atoms with Crippen LogP contribution in [0.2, 0.25) is 35.2 Å². The summed E-state index contributed by atoms with van der Waals surface area (Å²) in [5.41, 5.74) is 24.7. The van der Waals surface area contributed by atoms with E-state index < -0.39 is 22.6 Å². The van der Waals surface area contributed by atoms with E-state index in [2.05, 4.69) is 155 Å². The number of amides is 1. The fourth-order valence-electron chi connectivity index (χ4n) is 12.1. The van der Waals surface area contributed by atoms with Crippen LogP contribution < -0.4 is 88.2 Å². The van der Waals surface area contributed by atoms with Crippen LogP contribution in [0.15, 0.2) is 95.0 Å². The van der Waals surface area contributed by atoms with Gasteiger partial charge in [0.05, 0.1) is 156 Å². The number of ketones is 2. The molecule has 1 amide bonds. The summed E-state index contributed by atoms with van der Waals surface area (Å²) in [5, 5.41) is 46.0. The molecule has 0 atom stereocenters. The van der Waals surface area contributed by atoms with Crippen molar-refractivity contribution in [3.05, 3.63) is 166 Å². The average molecular weight is 2170 g/mol. The minimum absolute atomic E-state index is 0. The molecule has 7 heterocycles. The number of methoxy groups -OCH3 is 7. The van der Waals surface area contributed by atoms with Crippen LogP contribution in [0.4, 0.5) is 39.8 Å². The summed E-state index contributed by atoms with van der Waals surface area (Å²) in [6, 6.07) is 21.4. The molecule has 7 aromatic carbocycles. The van der Waals surface area contributed by atoms with Crippen LogP contribution in [0.25, 0.3) is 11.4 Å². The Morgan fingerprint density at radius 1 is 0.532 bits per heavy atom. The number of benzene rings is 7. The molecule has 0 aliphatic carbocycles. The number of Topliss-reactive ketones (excluding diaryl/α,β-unsaturated/α-hetero) is 2. The van der Waals surface area contributed by atoms with E-state index in [9.17, 15) is 19.2 Å². The van der Waals surface area contributed by atoms with Gasteiger partial charge in [-0.2, -0.15) is 0 Å². The van der Waals surface area contributed by atoms with Crippen LogP contribution in [0.1, 0.15) is 137 Å². The summed E-state index contributed by atoms with van der Waals surface area (Å²) in [5.74, 6) is 11.8. The van der Waals surface area contributed by atoms with E-state index in [0.29, 0.717) is 92.6 Å². The number of ether oxygens (including phenoxy) is 7. The van der Waals surface area contributed by atoms with Gasteiger partial charge in [0.2, 0.25) is 5.91 Å². The van der Waals surface area contributed by atoms with Crippen molar-refractivity contribution in [2.24, 2.45) is 15.9 Å². The summed E-state index contributed by atoms with van der Waals surface area (Å²) in [6.45, 7) is 27.8.